The van der Waals surface area contributed by atoms with Crippen LogP contribution >= 0.6 is 0 Å². The van der Waals surface area contributed by atoms with E-state index in [0.29, 0.717) is 11.5 Å². The molecule has 5 N–H and O–H groups in total. The summed E-state index contributed by atoms with van der Waals surface area (Å²) in [5.74, 6) is 1.57. The van der Waals surface area contributed by atoms with E-state index in [4.69, 9.17) is 4.74 Å². The molecule has 152 valence electrons. The molecule has 0 unspecified atom stereocenters. The summed E-state index contributed by atoms with van der Waals surface area (Å²) in [6, 6.07) is 5.05. The van der Waals surface area contributed by atoms with Crippen molar-refractivity contribution in [3.63, 3.8) is 0 Å². The van der Waals surface area contributed by atoms with Crippen LogP contribution in [0, 0.1) is 11.8 Å². The lowest BCUT2D eigenvalue weighted by Gasteiger charge is -2.40. The van der Waals surface area contributed by atoms with E-state index in [-0.39, 0.29) is 5.75 Å². The monoisotopic (exact) mass is 380 g/mol. The van der Waals surface area contributed by atoms with Crippen LogP contribution in [0.4, 0.5) is 0 Å². The SMILES string of the molecule is CCC1CCC(Cc2cc([C@@H]3O[C@H](CO)[C@@H](O)[C@H](O)[C@H]3O)ccc2O)CC1. The maximum atomic E-state index is 10.3. The smallest absolute Gasteiger partial charge is 0.118 e. The van der Waals surface area contributed by atoms with Gasteiger partial charge in [0.15, 0.2) is 0 Å². The highest BCUT2D eigenvalue weighted by atomic mass is 16.5. The standard InChI is InChI=1S/C21H32O6/c1-2-12-3-5-13(6-4-12)9-15-10-14(7-8-16(15)23)21-20(26)19(25)18(24)17(11-22)27-21/h7-8,10,12-13,17-26H,2-6,9,11H2,1H3/t12?,13?,17-,18-,19+,20-,21+/m1/s1. The molecular weight excluding hydrogens is 348 g/mol. The van der Waals surface area contributed by atoms with E-state index < -0.39 is 37.1 Å². The average molecular weight is 380 g/mol. The van der Waals surface area contributed by atoms with Crippen LogP contribution in [0.3, 0.4) is 0 Å². The lowest BCUT2D eigenvalue weighted by atomic mass is 9.78. The Balaban J connectivity index is 1.74. The summed E-state index contributed by atoms with van der Waals surface area (Å²) in [6.07, 6.45) is 0.894. The molecule has 1 saturated carbocycles. The van der Waals surface area contributed by atoms with Gasteiger partial charge in [0.05, 0.1) is 6.61 Å². The molecule has 1 heterocycles. The fourth-order valence-electron chi connectivity index (χ4n) is 4.48. The van der Waals surface area contributed by atoms with Crippen molar-refractivity contribution in [2.75, 3.05) is 6.61 Å². The van der Waals surface area contributed by atoms with Crippen LogP contribution in [-0.2, 0) is 11.2 Å². The van der Waals surface area contributed by atoms with Gasteiger partial charge in [-0.2, -0.15) is 0 Å². The highest BCUT2D eigenvalue weighted by Crippen LogP contribution is 2.37. The van der Waals surface area contributed by atoms with Crippen molar-refractivity contribution in [1.29, 1.82) is 0 Å². The summed E-state index contributed by atoms with van der Waals surface area (Å²) in [4.78, 5) is 0. The Morgan fingerprint density at radius 3 is 2.26 bits per heavy atom. The minimum absolute atomic E-state index is 0.223. The summed E-state index contributed by atoms with van der Waals surface area (Å²) in [5.41, 5.74) is 1.44. The Morgan fingerprint density at radius 1 is 0.963 bits per heavy atom. The summed E-state index contributed by atoms with van der Waals surface area (Å²) >= 11 is 0. The van der Waals surface area contributed by atoms with Crippen molar-refractivity contribution in [3.05, 3.63) is 29.3 Å². The first-order valence-electron chi connectivity index (χ1n) is 10.1. The van der Waals surface area contributed by atoms with Crippen LogP contribution in [0.25, 0.3) is 0 Å². The molecule has 6 heteroatoms. The third kappa shape index (κ3) is 4.46. The Bertz CT molecular complexity index is 611. The van der Waals surface area contributed by atoms with Crippen LogP contribution in [0.15, 0.2) is 18.2 Å². The highest BCUT2D eigenvalue weighted by Gasteiger charge is 2.44. The van der Waals surface area contributed by atoms with Gasteiger partial charge in [0.25, 0.3) is 0 Å². The van der Waals surface area contributed by atoms with Crippen molar-refractivity contribution < 1.29 is 30.3 Å². The second-order valence-electron chi connectivity index (χ2n) is 8.14. The second-order valence-corrected chi connectivity index (χ2v) is 8.14. The zero-order valence-electron chi connectivity index (χ0n) is 15.9. The molecule has 3 rings (SSSR count). The largest absolute Gasteiger partial charge is 0.508 e. The van der Waals surface area contributed by atoms with Crippen LogP contribution in [0.2, 0.25) is 0 Å². The highest BCUT2D eigenvalue weighted by molar-refractivity contribution is 5.38. The van der Waals surface area contributed by atoms with Crippen molar-refractivity contribution >= 4 is 0 Å². The van der Waals surface area contributed by atoms with Gasteiger partial charge < -0.3 is 30.3 Å². The number of hydrogen-bond donors (Lipinski definition) is 5. The summed E-state index contributed by atoms with van der Waals surface area (Å²) in [7, 11) is 0. The molecule has 1 aliphatic carbocycles. The summed E-state index contributed by atoms with van der Waals surface area (Å²) in [6.45, 7) is 1.79. The second kappa shape index (κ2) is 8.88. The molecule has 2 fully saturated rings. The first-order chi connectivity index (χ1) is 12.9. The zero-order chi connectivity index (χ0) is 19.6. The fraction of sp³-hybridized carbons (Fsp3) is 0.714. The van der Waals surface area contributed by atoms with Gasteiger partial charge in [-0.3, -0.25) is 0 Å². The van der Waals surface area contributed by atoms with E-state index in [1.165, 1.54) is 19.3 Å². The minimum Gasteiger partial charge on any atom is -0.508 e. The third-order valence-corrected chi connectivity index (χ3v) is 6.38. The molecular formula is C21H32O6. The quantitative estimate of drug-likeness (QED) is 0.531. The number of phenolic OH excluding ortho intramolecular Hbond substituents is 1. The number of phenols is 1. The van der Waals surface area contributed by atoms with Gasteiger partial charge in [-0.15, -0.1) is 0 Å². The van der Waals surface area contributed by atoms with E-state index >= 15 is 0 Å². The number of benzene rings is 1. The van der Waals surface area contributed by atoms with Crippen molar-refractivity contribution in [1.82, 2.24) is 0 Å². The molecule has 1 aliphatic heterocycles. The van der Waals surface area contributed by atoms with Crippen molar-refractivity contribution in [2.24, 2.45) is 11.8 Å². The van der Waals surface area contributed by atoms with Crippen molar-refractivity contribution in [3.8, 4) is 5.75 Å². The molecule has 0 aromatic heterocycles. The number of aromatic hydroxyl groups is 1. The predicted molar refractivity (Wildman–Crippen MR) is 100 cm³/mol. The fourth-order valence-corrected chi connectivity index (χ4v) is 4.48. The normalized spacial score (nSPS) is 37.3. The summed E-state index contributed by atoms with van der Waals surface area (Å²) in [5, 5.41) is 50.0. The lowest BCUT2D eigenvalue weighted by molar-refractivity contribution is -0.231. The predicted octanol–water partition coefficient (Wildman–Crippen LogP) is 1.67. The van der Waals surface area contributed by atoms with Gasteiger partial charge >= 0.3 is 0 Å². The lowest BCUT2D eigenvalue weighted by Crippen LogP contribution is -2.55. The van der Waals surface area contributed by atoms with E-state index in [1.807, 2.05) is 6.07 Å². The molecule has 1 aromatic carbocycles. The molecule has 27 heavy (non-hydrogen) atoms. The van der Waals surface area contributed by atoms with Gasteiger partial charge in [-0.25, -0.2) is 0 Å². The molecule has 0 amide bonds. The van der Waals surface area contributed by atoms with Crippen LogP contribution in [0.1, 0.15) is 56.3 Å². The molecule has 0 spiro atoms. The van der Waals surface area contributed by atoms with Crippen LogP contribution < -0.4 is 0 Å². The average Bonchev–Trinajstić information content (AvgIpc) is 2.69. The molecule has 2 aliphatic rings. The third-order valence-electron chi connectivity index (χ3n) is 6.38. The van der Waals surface area contributed by atoms with Crippen LogP contribution in [0.5, 0.6) is 5.75 Å². The van der Waals surface area contributed by atoms with Gasteiger partial charge in [-0.05, 0) is 54.4 Å². The zero-order valence-corrected chi connectivity index (χ0v) is 15.9. The van der Waals surface area contributed by atoms with E-state index in [2.05, 4.69) is 6.92 Å². The van der Waals surface area contributed by atoms with Crippen molar-refractivity contribution in [2.45, 2.75) is 76.0 Å². The van der Waals surface area contributed by atoms with Gasteiger partial charge in [0.1, 0.15) is 36.3 Å². The molecule has 5 atom stereocenters. The maximum Gasteiger partial charge on any atom is 0.118 e. The summed E-state index contributed by atoms with van der Waals surface area (Å²) < 4.78 is 5.64. The maximum absolute atomic E-state index is 10.3. The number of hydrogen-bond acceptors (Lipinski definition) is 6. The van der Waals surface area contributed by atoms with E-state index in [0.717, 1.165) is 30.7 Å². The van der Waals surface area contributed by atoms with Gasteiger partial charge in [0.2, 0.25) is 0 Å². The minimum atomic E-state index is -1.40. The Hall–Kier alpha value is -1.18. The topological polar surface area (TPSA) is 110 Å². The van der Waals surface area contributed by atoms with E-state index in [9.17, 15) is 25.5 Å². The molecule has 6 nitrogen and oxygen atoms in total. The molecule has 0 radical (unpaired) electrons. The van der Waals surface area contributed by atoms with E-state index in [1.54, 1.807) is 12.1 Å². The van der Waals surface area contributed by atoms with Gasteiger partial charge in [-0.1, -0.05) is 32.3 Å². The Kier molecular flexibility index (Phi) is 6.76. The number of rotatable bonds is 5. The first-order valence-corrected chi connectivity index (χ1v) is 10.1. The molecule has 0 bridgehead atoms. The molecule has 1 saturated heterocycles. The molecule has 1 aromatic rings. The number of ether oxygens (including phenoxy) is 1. The van der Waals surface area contributed by atoms with Gasteiger partial charge in [0, 0.05) is 0 Å². The Morgan fingerprint density at radius 2 is 1.63 bits per heavy atom. The number of aliphatic hydroxyl groups is 4. The Labute approximate surface area is 160 Å². The first kappa shape index (κ1) is 20.6. The number of aliphatic hydroxyl groups excluding tert-OH is 4. The van der Waals surface area contributed by atoms with Crippen LogP contribution in [-0.4, -0.2) is 56.6 Å².